The fourth-order valence-corrected chi connectivity index (χ4v) is 3.49. The zero-order valence-corrected chi connectivity index (χ0v) is 16.3. The second-order valence-corrected chi connectivity index (χ2v) is 6.96. The lowest BCUT2D eigenvalue weighted by Crippen LogP contribution is -2.48. The molecule has 0 saturated carbocycles. The summed E-state index contributed by atoms with van der Waals surface area (Å²) in [4.78, 5) is 78.0. The second-order valence-electron chi connectivity index (χ2n) is 6.96. The van der Waals surface area contributed by atoms with Crippen LogP contribution in [0, 0.1) is 0 Å². The summed E-state index contributed by atoms with van der Waals surface area (Å²) < 4.78 is 0. The molecule has 2 aromatic carbocycles. The van der Waals surface area contributed by atoms with Gasteiger partial charge in [-0.25, -0.2) is 19.4 Å². The molecule has 2 heterocycles. The van der Waals surface area contributed by atoms with E-state index >= 15 is 0 Å². The normalized spacial score (nSPS) is 18.0. The monoisotopic (exact) mass is 420 g/mol. The van der Waals surface area contributed by atoms with Crippen LogP contribution in [0.3, 0.4) is 0 Å². The van der Waals surface area contributed by atoms with Gasteiger partial charge in [0.1, 0.15) is 0 Å². The van der Waals surface area contributed by atoms with E-state index in [2.05, 4.69) is 0 Å². The molecule has 156 valence electrons. The average molecular weight is 420 g/mol. The van der Waals surface area contributed by atoms with Crippen molar-refractivity contribution in [2.24, 2.45) is 0 Å². The Kier molecular flexibility index (Phi) is 4.82. The quantitative estimate of drug-likeness (QED) is 0.533. The first-order valence-electron chi connectivity index (χ1n) is 9.34. The molecule has 0 aliphatic carbocycles. The molecule has 4 rings (SSSR count). The summed E-state index contributed by atoms with van der Waals surface area (Å²) in [5.41, 5.74) is 0.444. The van der Waals surface area contributed by atoms with Gasteiger partial charge in [0.05, 0.1) is 24.0 Å². The molecular weight excluding hydrogens is 404 g/mol. The maximum absolute atomic E-state index is 12.8. The molecule has 0 radical (unpaired) electrons. The number of carbonyl (C=O) groups excluding carboxylic acids is 6. The van der Waals surface area contributed by atoms with Crippen LogP contribution >= 0.6 is 0 Å². The lowest BCUT2D eigenvalue weighted by atomic mass is 10.2. The van der Waals surface area contributed by atoms with Gasteiger partial charge in [0.2, 0.25) is 0 Å². The molecular formula is C21H16N4O6. The van der Waals surface area contributed by atoms with E-state index in [0.29, 0.717) is 9.80 Å². The molecule has 0 spiro atoms. The predicted molar refractivity (Wildman–Crippen MR) is 107 cm³/mol. The third-order valence-corrected chi connectivity index (χ3v) is 4.97. The number of urea groups is 2. The minimum atomic E-state index is -1.08. The van der Waals surface area contributed by atoms with Gasteiger partial charge in [0.15, 0.2) is 0 Å². The van der Waals surface area contributed by atoms with Crippen LogP contribution in [0.5, 0.6) is 0 Å². The SMILES string of the molecule is CC(CN1C(=O)C(=O)N(c2ccccc2)C1=O)N1C(=O)C(=O)N(c2ccccc2)C1=O. The lowest BCUT2D eigenvalue weighted by molar-refractivity contribution is -0.141. The van der Waals surface area contributed by atoms with Crippen molar-refractivity contribution in [3.8, 4) is 0 Å². The van der Waals surface area contributed by atoms with Crippen LogP contribution in [-0.2, 0) is 19.2 Å². The highest BCUT2D eigenvalue weighted by molar-refractivity contribution is 6.53. The number of amides is 8. The smallest absolute Gasteiger partial charge is 0.263 e. The second kappa shape index (κ2) is 7.48. The van der Waals surface area contributed by atoms with Crippen LogP contribution in [-0.4, -0.2) is 58.1 Å². The van der Waals surface area contributed by atoms with Crippen molar-refractivity contribution in [1.82, 2.24) is 9.80 Å². The molecule has 1 unspecified atom stereocenters. The molecule has 8 amide bonds. The average Bonchev–Trinajstić information content (AvgIpc) is 3.12. The van der Waals surface area contributed by atoms with Crippen LogP contribution < -0.4 is 9.80 Å². The Hall–Kier alpha value is -4.34. The minimum Gasteiger partial charge on any atom is -0.263 e. The number of carbonyl (C=O) groups is 6. The van der Waals surface area contributed by atoms with E-state index in [-0.39, 0.29) is 11.4 Å². The molecule has 2 fully saturated rings. The third kappa shape index (κ3) is 3.14. The summed E-state index contributed by atoms with van der Waals surface area (Å²) in [6.07, 6.45) is 0. The van der Waals surface area contributed by atoms with Crippen LogP contribution in [0.25, 0.3) is 0 Å². The molecule has 0 bridgehead atoms. The molecule has 2 aliphatic heterocycles. The number of anilines is 2. The molecule has 0 N–H and O–H groups in total. The highest BCUT2D eigenvalue weighted by Gasteiger charge is 2.50. The van der Waals surface area contributed by atoms with Crippen LogP contribution in [0.1, 0.15) is 6.92 Å². The van der Waals surface area contributed by atoms with Gasteiger partial charge in [-0.2, -0.15) is 0 Å². The van der Waals surface area contributed by atoms with Crippen molar-refractivity contribution < 1.29 is 28.8 Å². The standard InChI is InChI=1S/C21H16N4O6/c1-13(23-18(28)19(29)25(21(23)31)15-10-6-3-7-11-15)12-22-16(26)17(27)24(20(22)30)14-8-4-2-5-9-14/h2-11,13H,12H2,1H3. The Morgan fingerprint density at radius 2 is 1.06 bits per heavy atom. The van der Waals surface area contributed by atoms with Crippen molar-refractivity contribution in [3.63, 3.8) is 0 Å². The van der Waals surface area contributed by atoms with Crippen molar-refractivity contribution in [3.05, 3.63) is 60.7 Å². The van der Waals surface area contributed by atoms with Crippen LogP contribution in [0.4, 0.5) is 21.0 Å². The van der Waals surface area contributed by atoms with E-state index in [1.807, 2.05) is 0 Å². The number of rotatable bonds is 5. The maximum atomic E-state index is 12.8. The van der Waals surface area contributed by atoms with Gasteiger partial charge < -0.3 is 0 Å². The van der Waals surface area contributed by atoms with E-state index in [0.717, 1.165) is 9.80 Å². The molecule has 2 saturated heterocycles. The lowest BCUT2D eigenvalue weighted by Gasteiger charge is -2.25. The van der Waals surface area contributed by atoms with E-state index in [1.165, 1.54) is 31.2 Å². The highest BCUT2D eigenvalue weighted by atomic mass is 16.2. The van der Waals surface area contributed by atoms with E-state index < -0.39 is 48.3 Å². The zero-order valence-electron chi connectivity index (χ0n) is 16.3. The largest absolute Gasteiger partial charge is 0.339 e. The van der Waals surface area contributed by atoms with Crippen LogP contribution in [0.2, 0.25) is 0 Å². The molecule has 2 aliphatic rings. The van der Waals surface area contributed by atoms with Gasteiger partial charge in [-0.15, -0.1) is 0 Å². The Morgan fingerprint density at radius 1 is 0.613 bits per heavy atom. The number of hydrogen-bond acceptors (Lipinski definition) is 6. The van der Waals surface area contributed by atoms with Crippen LogP contribution in [0.15, 0.2) is 60.7 Å². The van der Waals surface area contributed by atoms with Gasteiger partial charge >= 0.3 is 35.7 Å². The summed E-state index contributed by atoms with van der Waals surface area (Å²) in [6, 6.07) is 13.0. The number of para-hydroxylation sites is 2. The summed E-state index contributed by atoms with van der Waals surface area (Å²) in [6.45, 7) is 0.980. The van der Waals surface area contributed by atoms with Gasteiger partial charge in [-0.1, -0.05) is 36.4 Å². The number of hydrogen-bond donors (Lipinski definition) is 0. The number of benzene rings is 2. The van der Waals surface area contributed by atoms with Gasteiger partial charge in [0.25, 0.3) is 0 Å². The Morgan fingerprint density at radius 3 is 1.58 bits per heavy atom. The fourth-order valence-electron chi connectivity index (χ4n) is 3.49. The van der Waals surface area contributed by atoms with E-state index in [9.17, 15) is 28.8 Å². The Bertz CT molecular complexity index is 1120. The first-order chi connectivity index (χ1) is 14.8. The zero-order chi connectivity index (χ0) is 22.3. The predicted octanol–water partition coefficient (Wildman–Crippen LogP) is 1.37. The maximum Gasteiger partial charge on any atom is 0.339 e. The van der Waals surface area contributed by atoms with Gasteiger partial charge in [0, 0.05) is 0 Å². The van der Waals surface area contributed by atoms with Gasteiger partial charge in [-0.3, -0.25) is 29.0 Å². The topological polar surface area (TPSA) is 115 Å². The first-order valence-corrected chi connectivity index (χ1v) is 9.34. The summed E-state index contributed by atoms with van der Waals surface area (Å²) in [5.74, 6) is -4.23. The molecule has 31 heavy (non-hydrogen) atoms. The van der Waals surface area contributed by atoms with E-state index in [1.54, 1.807) is 36.4 Å². The van der Waals surface area contributed by atoms with Gasteiger partial charge in [-0.05, 0) is 31.2 Å². The van der Waals surface area contributed by atoms with Crippen molar-refractivity contribution in [2.75, 3.05) is 16.3 Å². The van der Waals surface area contributed by atoms with Crippen molar-refractivity contribution in [1.29, 1.82) is 0 Å². The number of imide groups is 4. The number of nitrogens with zero attached hydrogens (tertiary/aromatic N) is 4. The molecule has 1 atom stereocenters. The first kappa shape index (κ1) is 20.0. The molecule has 0 aromatic heterocycles. The summed E-state index contributed by atoms with van der Waals surface area (Å²) >= 11 is 0. The molecule has 10 nitrogen and oxygen atoms in total. The third-order valence-electron chi connectivity index (χ3n) is 4.97. The molecule has 2 aromatic rings. The Balaban J connectivity index is 1.56. The summed E-state index contributed by atoms with van der Waals surface area (Å²) in [7, 11) is 0. The van der Waals surface area contributed by atoms with Crippen molar-refractivity contribution >= 4 is 47.1 Å². The van der Waals surface area contributed by atoms with E-state index in [4.69, 9.17) is 0 Å². The molecule has 10 heteroatoms. The Labute approximate surface area is 176 Å². The highest BCUT2D eigenvalue weighted by Crippen LogP contribution is 2.26. The summed E-state index contributed by atoms with van der Waals surface area (Å²) in [5, 5.41) is 0. The fraction of sp³-hybridized carbons (Fsp3) is 0.143. The minimum absolute atomic E-state index is 0.222. The van der Waals surface area contributed by atoms with Crippen molar-refractivity contribution in [2.45, 2.75) is 13.0 Å².